The van der Waals surface area contributed by atoms with E-state index in [9.17, 15) is 0 Å². The molecule has 4 nitrogen and oxygen atoms in total. The molecule has 1 aromatic rings. The second-order valence-electron chi connectivity index (χ2n) is 4.21. The molecule has 1 heterocycles. The van der Waals surface area contributed by atoms with Crippen LogP contribution in [0.5, 0.6) is 0 Å². The van der Waals surface area contributed by atoms with E-state index in [2.05, 4.69) is 41.0 Å². The fraction of sp³-hybridized carbons (Fsp3) is 0.692. The number of likely N-dealkylation sites (N-methyl/N-ethyl adjacent to an activating group) is 1. The van der Waals surface area contributed by atoms with E-state index in [0.717, 1.165) is 44.7 Å². The van der Waals surface area contributed by atoms with Gasteiger partial charge < -0.3 is 10.2 Å². The molecule has 0 radical (unpaired) electrons. The van der Waals surface area contributed by atoms with E-state index in [4.69, 9.17) is 11.6 Å². The summed E-state index contributed by atoms with van der Waals surface area (Å²) in [6, 6.07) is 1.83. The average molecular weight is 271 g/mol. The minimum absolute atomic E-state index is 0.513. The van der Waals surface area contributed by atoms with E-state index in [1.165, 1.54) is 0 Å². The number of nitrogens with zero attached hydrogens (tertiary/aromatic N) is 3. The first-order valence-electron chi connectivity index (χ1n) is 6.69. The van der Waals surface area contributed by atoms with Crippen LogP contribution in [0.2, 0.25) is 5.15 Å². The zero-order valence-corrected chi connectivity index (χ0v) is 12.3. The summed E-state index contributed by atoms with van der Waals surface area (Å²) < 4.78 is 0. The molecule has 0 aliphatic carbocycles. The van der Waals surface area contributed by atoms with Crippen molar-refractivity contribution in [1.82, 2.24) is 14.9 Å². The van der Waals surface area contributed by atoms with Crippen LogP contribution in [-0.2, 0) is 6.42 Å². The smallest absolute Gasteiger partial charge is 0.224 e. The third-order valence-corrected chi connectivity index (χ3v) is 3.05. The predicted molar refractivity (Wildman–Crippen MR) is 77.3 cm³/mol. The fourth-order valence-electron chi connectivity index (χ4n) is 1.79. The topological polar surface area (TPSA) is 41.1 Å². The van der Waals surface area contributed by atoms with E-state index >= 15 is 0 Å². The first-order chi connectivity index (χ1) is 8.69. The van der Waals surface area contributed by atoms with Crippen LogP contribution >= 0.6 is 11.6 Å². The number of hydrogen-bond acceptors (Lipinski definition) is 4. The van der Waals surface area contributed by atoms with Gasteiger partial charge in [-0.15, -0.1) is 0 Å². The van der Waals surface area contributed by atoms with Crippen molar-refractivity contribution in [2.45, 2.75) is 33.6 Å². The molecule has 0 unspecified atom stereocenters. The van der Waals surface area contributed by atoms with Gasteiger partial charge in [0, 0.05) is 18.8 Å². The molecule has 0 amide bonds. The van der Waals surface area contributed by atoms with Gasteiger partial charge in [0.15, 0.2) is 0 Å². The first kappa shape index (κ1) is 15.2. The third kappa shape index (κ3) is 5.19. The number of rotatable bonds is 8. The van der Waals surface area contributed by atoms with Gasteiger partial charge in [-0.2, -0.15) is 0 Å². The second-order valence-corrected chi connectivity index (χ2v) is 4.60. The van der Waals surface area contributed by atoms with Crippen molar-refractivity contribution in [3.63, 3.8) is 0 Å². The van der Waals surface area contributed by atoms with E-state index in [1.54, 1.807) is 0 Å². The molecule has 0 bridgehead atoms. The molecule has 0 spiro atoms. The SMILES string of the molecule is CCCc1cc(Cl)nc(NCCN(CC)CC)n1. The summed E-state index contributed by atoms with van der Waals surface area (Å²) >= 11 is 5.98. The maximum absolute atomic E-state index is 5.98. The molecule has 5 heteroatoms. The van der Waals surface area contributed by atoms with Crippen LogP contribution in [-0.4, -0.2) is 41.0 Å². The Labute approximate surface area is 115 Å². The van der Waals surface area contributed by atoms with Crippen LogP contribution in [0.25, 0.3) is 0 Å². The van der Waals surface area contributed by atoms with Gasteiger partial charge in [-0.05, 0) is 25.6 Å². The summed E-state index contributed by atoms with van der Waals surface area (Å²) in [5.41, 5.74) is 1.00. The van der Waals surface area contributed by atoms with Crippen LogP contribution in [0.1, 0.15) is 32.9 Å². The number of halogens is 1. The highest BCUT2D eigenvalue weighted by atomic mass is 35.5. The van der Waals surface area contributed by atoms with Crippen molar-refractivity contribution in [1.29, 1.82) is 0 Å². The first-order valence-corrected chi connectivity index (χ1v) is 7.07. The van der Waals surface area contributed by atoms with Crippen LogP contribution in [0, 0.1) is 0 Å². The van der Waals surface area contributed by atoms with Crippen molar-refractivity contribution in [3.8, 4) is 0 Å². The Morgan fingerprint density at radius 1 is 1.22 bits per heavy atom. The molecule has 1 rings (SSSR count). The lowest BCUT2D eigenvalue weighted by molar-refractivity contribution is 0.316. The van der Waals surface area contributed by atoms with Crippen molar-refractivity contribution in [2.24, 2.45) is 0 Å². The van der Waals surface area contributed by atoms with Crippen molar-refractivity contribution >= 4 is 17.5 Å². The third-order valence-electron chi connectivity index (χ3n) is 2.86. The van der Waals surface area contributed by atoms with E-state index < -0.39 is 0 Å². The van der Waals surface area contributed by atoms with Crippen LogP contribution < -0.4 is 5.32 Å². The minimum Gasteiger partial charge on any atom is -0.353 e. The van der Waals surface area contributed by atoms with Crippen LogP contribution in [0.15, 0.2) is 6.07 Å². The lowest BCUT2D eigenvalue weighted by Gasteiger charge is -2.18. The molecule has 0 aliphatic rings. The quantitative estimate of drug-likeness (QED) is 0.738. The summed E-state index contributed by atoms with van der Waals surface area (Å²) in [5.74, 6) is 0.637. The Hall–Kier alpha value is -0.870. The van der Waals surface area contributed by atoms with Gasteiger partial charge >= 0.3 is 0 Å². The standard InChI is InChI=1S/C13H23ClN4/c1-4-7-11-10-12(14)17-13(16-11)15-8-9-18(5-2)6-3/h10H,4-9H2,1-3H3,(H,15,16,17). The van der Waals surface area contributed by atoms with Gasteiger partial charge in [0.25, 0.3) is 0 Å². The molecular weight excluding hydrogens is 248 g/mol. The molecule has 0 fully saturated rings. The monoisotopic (exact) mass is 270 g/mol. The summed E-state index contributed by atoms with van der Waals surface area (Å²) in [4.78, 5) is 11.0. The number of aromatic nitrogens is 2. The maximum atomic E-state index is 5.98. The molecule has 0 aromatic carbocycles. The zero-order valence-electron chi connectivity index (χ0n) is 11.5. The lowest BCUT2D eigenvalue weighted by Crippen LogP contribution is -2.29. The van der Waals surface area contributed by atoms with Crippen molar-refractivity contribution in [2.75, 3.05) is 31.5 Å². The largest absolute Gasteiger partial charge is 0.353 e. The highest BCUT2D eigenvalue weighted by Gasteiger charge is 2.03. The number of nitrogens with one attached hydrogen (secondary N) is 1. The van der Waals surface area contributed by atoms with E-state index in [0.29, 0.717) is 11.1 Å². The molecular formula is C13H23ClN4. The van der Waals surface area contributed by atoms with E-state index in [1.807, 2.05) is 6.07 Å². The molecule has 102 valence electrons. The van der Waals surface area contributed by atoms with Gasteiger partial charge in [0.2, 0.25) is 5.95 Å². The minimum atomic E-state index is 0.513. The molecule has 18 heavy (non-hydrogen) atoms. The lowest BCUT2D eigenvalue weighted by atomic mass is 10.2. The Morgan fingerprint density at radius 3 is 2.56 bits per heavy atom. The summed E-state index contributed by atoms with van der Waals surface area (Å²) in [6.45, 7) is 10.4. The molecule has 0 saturated heterocycles. The van der Waals surface area contributed by atoms with Gasteiger partial charge in [0.05, 0.1) is 0 Å². The van der Waals surface area contributed by atoms with Gasteiger partial charge in [-0.1, -0.05) is 38.8 Å². The van der Waals surface area contributed by atoms with Crippen molar-refractivity contribution in [3.05, 3.63) is 16.9 Å². The molecule has 1 aromatic heterocycles. The molecule has 0 atom stereocenters. The summed E-state index contributed by atoms with van der Waals surface area (Å²) in [6.07, 6.45) is 2.00. The molecule has 0 aliphatic heterocycles. The number of hydrogen-bond donors (Lipinski definition) is 1. The zero-order chi connectivity index (χ0) is 13.4. The Balaban J connectivity index is 2.51. The summed E-state index contributed by atoms with van der Waals surface area (Å²) in [7, 11) is 0. The maximum Gasteiger partial charge on any atom is 0.224 e. The number of anilines is 1. The molecule has 1 N–H and O–H groups in total. The highest BCUT2D eigenvalue weighted by molar-refractivity contribution is 6.29. The highest BCUT2D eigenvalue weighted by Crippen LogP contribution is 2.11. The van der Waals surface area contributed by atoms with Gasteiger partial charge in [-0.25, -0.2) is 9.97 Å². The van der Waals surface area contributed by atoms with Crippen LogP contribution in [0.3, 0.4) is 0 Å². The predicted octanol–water partition coefficient (Wildman–Crippen LogP) is 2.84. The Kier molecular flexibility index (Phi) is 6.98. The van der Waals surface area contributed by atoms with Crippen LogP contribution in [0.4, 0.5) is 5.95 Å². The summed E-state index contributed by atoms with van der Waals surface area (Å²) in [5, 5.41) is 3.75. The molecule has 0 saturated carbocycles. The van der Waals surface area contributed by atoms with Gasteiger partial charge in [0.1, 0.15) is 5.15 Å². The number of aryl methyl sites for hydroxylation is 1. The van der Waals surface area contributed by atoms with Gasteiger partial charge in [-0.3, -0.25) is 0 Å². The average Bonchev–Trinajstić information content (AvgIpc) is 2.34. The normalized spacial score (nSPS) is 10.9. The Bertz CT molecular complexity index is 353. The second kappa shape index (κ2) is 8.27. The fourth-order valence-corrected chi connectivity index (χ4v) is 2.00. The van der Waals surface area contributed by atoms with Crippen molar-refractivity contribution < 1.29 is 0 Å². The Morgan fingerprint density at radius 2 is 1.94 bits per heavy atom. The van der Waals surface area contributed by atoms with E-state index in [-0.39, 0.29) is 0 Å².